The maximum Gasteiger partial charge on any atom is 0.306 e. The number of carbonyl (C=O) groups is 3. The Morgan fingerprint density at radius 2 is 1.29 bits per heavy atom. The third kappa shape index (κ3) is 7.23. The van der Waals surface area contributed by atoms with Gasteiger partial charge in [-0.25, -0.2) is 0 Å². The molecule has 0 radical (unpaired) electrons. The average Bonchev–Trinajstić information content (AvgIpc) is 2.68. The number of aliphatic carboxylic acids is 2. The maximum absolute atomic E-state index is 12.6. The van der Waals surface area contributed by atoms with Crippen LogP contribution in [0.1, 0.15) is 24.0 Å². The van der Waals surface area contributed by atoms with Crippen LogP contribution in [0.15, 0.2) is 60.7 Å². The summed E-state index contributed by atoms with van der Waals surface area (Å²) in [5, 5.41) is 21.1. The van der Waals surface area contributed by atoms with Gasteiger partial charge in [0.25, 0.3) is 0 Å². The van der Waals surface area contributed by atoms with Crippen LogP contribution in [0.25, 0.3) is 0 Å². The zero-order chi connectivity index (χ0) is 20.4. The van der Waals surface area contributed by atoms with Gasteiger partial charge >= 0.3 is 11.9 Å². The van der Waals surface area contributed by atoms with E-state index < -0.39 is 23.8 Å². The summed E-state index contributed by atoms with van der Waals surface area (Å²) >= 11 is 0. The molecule has 0 spiro atoms. The molecule has 6 nitrogen and oxygen atoms in total. The van der Waals surface area contributed by atoms with Gasteiger partial charge in [-0.2, -0.15) is 0 Å². The lowest BCUT2D eigenvalue weighted by Gasteiger charge is -2.21. The second-order valence-corrected chi connectivity index (χ2v) is 6.78. The van der Waals surface area contributed by atoms with Crippen molar-refractivity contribution in [3.8, 4) is 0 Å². The molecule has 0 saturated carbocycles. The Balaban J connectivity index is 2.11. The third-order valence-electron chi connectivity index (χ3n) is 4.58. The molecule has 0 heterocycles. The van der Waals surface area contributed by atoms with Gasteiger partial charge in [0, 0.05) is 12.5 Å². The predicted octanol–water partition coefficient (Wildman–Crippen LogP) is 2.77. The summed E-state index contributed by atoms with van der Waals surface area (Å²) in [7, 11) is 0. The number of hydrogen-bond donors (Lipinski definition) is 3. The highest BCUT2D eigenvalue weighted by Crippen LogP contribution is 2.22. The van der Waals surface area contributed by atoms with Gasteiger partial charge in [-0.1, -0.05) is 60.7 Å². The van der Waals surface area contributed by atoms with Crippen molar-refractivity contribution in [2.75, 3.05) is 6.54 Å². The first-order valence-corrected chi connectivity index (χ1v) is 9.26. The summed E-state index contributed by atoms with van der Waals surface area (Å²) in [4.78, 5) is 35.1. The second kappa shape index (κ2) is 10.9. The monoisotopic (exact) mass is 383 g/mol. The molecule has 2 rings (SSSR count). The van der Waals surface area contributed by atoms with Crippen molar-refractivity contribution in [1.29, 1.82) is 0 Å². The number of amides is 1. The van der Waals surface area contributed by atoms with E-state index in [1.807, 2.05) is 60.7 Å². The second-order valence-electron chi connectivity index (χ2n) is 6.78. The molecule has 2 aromatic carbocycles. The standard InChI is InChI=1S/C22H25NO5/c24-20(25)11-12-23-21(26)18(13-16-7-3-1-4-8-16)15-19(22(27)28)14-17-9-5-2-6-10-17/h1-10,18-19H,11-15H2,(H,23,26)(H,24,25)(H,27,28)/t18?,19-/m0/s1. The van der Waals surface area contributed by atoms with Crippen LogP contribution in [-0.4, -0.2) is 34.6 Å². The summed E-state index contributed by atoms with van der Waals surface area (Å²) < 4.78 is 0. The van der Waals surface area contributed by atoms with Gasteiger partial charge in [-0.05, 0) is 30.4 Å². The first-order valence-electron chi connectivity index (χ1n) is 9.26. The molecule has 2 atom stereocenters. The van der Waals surface area contributed by atoms with Gasteiger partial charge < -0.3 is 15.5 Å². The van der Waals surface area contributed by atoms with Crippen molar-refractivity contribution in [2.24, 2.45) is 11.8 Å². The van der Waals surface area contributed by atoms with Crippen LogP contribution in [0.5, 0.6) is 0 Å². The number of hydrogen-bond acceptors (Lipinski definition) is 3. The number of carboxylic acids is 2. The minimum atomic E-state index is -0.993. The van der Waals surface area contributed by atoms with Crippen LogP contribution in [0.4, 0.5) is 0 Å². The molecule has 3 N–H and O–H groups in total. The SMILES string of the molecule is O=C(O)CCNC(=O)C(Cc1ccccc1)C[C@H](Cc1ccccc1)C(=O)O. The summed E-state index contributed by atoms with van der Waals surface area (Å²) in [5.41, 5.74) is 1.84. The fraction of sp³-hybridized carbons (Fsp3) is 0.318. The fourth-order valence-corrected chi connectivity index (χ4v) is 3.13. The first-order chi connectivity index (χ1) is 13.5. The highest BCUT2D eigenvalue weighted by atomic mass is 16.4. The van der Waals surface area contributed by atoms with E-state index in [1.165, 1.54) is 0 Å². The highest BCUT2D eigenvalue weighted by molar-refractivity contribution is 5.80. The number of carbonyl (C=O) groups excluding carboxylic acids is 1. The van der Waals surface area contributed by atoms with E-state index in [0.717, 1.165) is 11.1 Å². The van der Waals surface area contributed by atoms with E-state index in [9.17, 15) is 19.5 Å². The van der Waals surface area contributed by atoms with E-state index in [4.69, 9.17) is 5.11 Å². The molecule has 0 aliphatic rings. The molecule has 6 heteroatoms. The predicted molar refractivity (Wildman–Crippen MR) is 105 cm³/mol. The topological polar surface area (TPSA) is 104 Å². The van der Waals surface area contributed by atoms with E-state index in [-0.39, 0.29) is 25.3 Å². The van der Waals surface area contributed by atoms with Crippen LogP contribution < -0.4 is 5.32 Å². The number of carboxylic acid groups (broad SMARTS) is 2. The van der Waals surface area contributed by atoms with Crippen LogP contribution in [0.2, 0.25) is 0 Å². The van der Waals surface area contributed by atoms with Gasteiger partial charge in [0.15, 0.2) is 0 Å². The Kier molecular flexibility index (Phi) is 8.21. The van der Waals surface area contributed by atoms with Crippen LogP contribution >= 0.6 is 0 Å². The minimum absolute atomic E-state index is 0.0237. The molecule has 0 aliphatic heterocycles. The lowest BCUT2D eigenvalue weighted by molar-refractivity contribution is -0.142. The van der Waals surface area contributed by atoms with Gasteiger partial charge in [-0.15, -0.1) is 0 Å². The van der Waals surface area contributed by atoms with Gasteiger partial charge in [-0.3, -0.25) is 14.4 Å². The minimum Gasteiger partial charge on any atom is -0.481 e. The normalized spacial score (nSPS) is 12.7. The molecule has 28 heavy (non-hydrogen) atoms. The molecule has 1 unspecified atom stereocenters. The summed E-state index contributed by atoms with van der Waals surface area (Å²) in [5.74, 6) is -3.51. The quantitative estimate of drug-likeness (QED) is 0.554. The Labute approximate surface area is 164 Å². The molecule has 0 aliphatic carbocycles. The molecular weight excluding hydrogens is 358 g/mol. The molecule has 0 aromatic heterocycles. The third-order valence-corrected chi connectivity index (χ3v) is 4.58. The smallest absolute Gasteiger partial charge is 0.306 e. The Morgan fingerprint density at radius 1 is 0.786 bits per heavy atom. The Morgan fingerprint density at radius 3 is 1.75 bits per heavy atom. The van der Waals surface area contributed by atoms with Crippen molar-refractivity contribution in [3.05, 3.63) is 71.8 Å². The van der Waals surface area contributed by atoms with Crippen molar-refractivity contribution in [3.63, 3.8) is 0 Å². The average molecular weight is 383 g/mol. The molecule has 148 valence electrons. The fourth-order valence-electron chi connectivity index (χ4n) is 3.13. The number of rotatable bonds is 11. The van der Waals surface area contributed by atoms with Crippen LogP contribution in [0, 0.1) is 11.8 Å². The molecule has 0 fully saturated rings. The highest BCUT2D eigenvalue weighted by Gasteiger charge is 2.27. The molecular formula is C22H25NO5. The van der Waals surface area contributed by atoms with Crippen LogP contribution in [-0.2, 0) is 27.2 Å². The lowest BCUT2D eigenvalue weighted by Crippen LogP contribution is -2.36. The van der Waals surface area contributed by atoms with E-state index >= 15 is 0 Å². The van der Waals surface area contributed by atoms with Crippen molar-refractivity contribution < 1.29 is 24.6 Å². The zero-order valence-electron chi connectivity index (χ0n) is 15.6. The Bertz CT molecular complexity index is 776. The summed E-state index contributed by atoms with van der Waals surface area (Å²) in [6, 6.07) is 18.7. The number of nitrogens with one attached hydrogen (secondary N) is 1. The molecule has 0 bridgehead atoms. The maximum atomic E-state index is 12.6. The van der Waals surface area contributed by atoms with E-state index in [2.05, 4.69) is 5.32 Å². The van der Waals surface area contributed by atoms with E-state index in [1.54, 1.807) is 0 Å². The summed E-state index contributed by atoms with van der Waals surface area (Å²) in [6.07, 6.45) is 0.746. The van der Waals surface area contributed by atoms with Crippen molar-refractivity contribution in [2.45, 2.75) is 25.7 Å². The van der Waals surface area contributed by atoms with Crippen LogP contribution in [0.3, 0.4) is 0 Å². The lowest BCUT2D eigenvalue weighted by atomic mass is 9.85. The molecule has 1 amide bonds. The zero-order valence-corrected chi connectivity index (χ0v) is 15.6. The van der Waals surface area contributed by atoms with Gasteiger partial charge in [0.05, 0.1) is 12.3 Å². The first kappa shape index (κ1) is 21.2. The van der Waals surface area contributed by atoms with Crippen molar-refractivity contribution in [1.82, 2.24) is 5.32 Å². The largest absolute Gasteiger partial charge is 0.481 e. The van der Waals surface area contributed by atoms with Gasteiger partial charge in [0.1, 0.15) is 0 Å². The Hall–Kier alpha value is -3.15. The van der Waals surface area contributed by atoms with E-state index in [0.29, 0.717) is 12.8 Å². The molecule has 0 saturated heterocycles. The van der Waals surface area contributed by atoms with Gasteiger partial charge in [0.2, 0.25) is 5.91 Å². The number of benzene rings is 2. The van der Waals surface area contributed by atoms with Crippen molar-refractivity contribution >= 4 is 17.8 Å². The molecule has 2 aromatic rings. The summed E-state index contributed by atoms with van der Waals surface area (Å²) in [6.45, 7) is 0.0237.